The number of fused-ring (bicyclic) bond motifs is 3. The molecule has 3 heteroatoms. The van der Waals surface area contributed by atoms with E-state index in [1.165, 1.54) is 0 Å². The van der Waals surface area contributed by atoms with Crippen LogP contribution in [0.4, 0.5) is 0 Å². The van der Waals surface area contributed by atoms with E-state index in [1.807, 2.05) is 0 Å². The van der Waals surface area contributed by atoms with Crippen LogP contribution in [0.15, 0.2) is 0 Å². The summed E-state index contributed by atoms with van der Waals surface area (Å²) in [4.78, 5) is 0. The molecule has 0 saturated carbocycles. The van der Waals surface area contributed by atoms with E-state index < -0.39 is 5.60 Å². The molecule has 1 N–H and O–H groups in total. The van der Waals surface area contributed by atoms with E-state index in [-0.39, 0.29) is 5.92 Å². The highest BCUT2D eigenvalue weighted by molar-refractivity contribution is 5.07. The number of piperidine rings is 3. The van der Waals surface area contributed by atoms with Gasteiger partial charge in [-0.2, -0.15) is 5.26 Å². The third kappa shape index (κ3) is 0.954. The molecule has 3 aliphatic heterocycles. The minimum atomic E-state index is -1.02. The molecule has 66 valence electrons. The standard InChI is InChI=1S/C9H15N2O/c1-11-4-2-8(3-5-11)9(12,6-10)7-11/h8,12H,2-5,7H2,1H3/q+1/t8?,9-,11?/m1/s1. The van der Waals surface area contributed by atoms with Crippen molar-refractivity contribution in [3.8, 4) is 6.07 Å². The number of quaternary nitrogens is 1. The van der Waals surface area contributed by atoms with E-state index in [1.54, 1.807) is 0 Å². The van der Waals surface area contributed by atoms with Gasteiger partial charge in [-0.1, -0.05) is 0 Å². The number of rotatable bonds is 0. The van der Waals surface area contributed by atoms with Crippen molar-refractivity contribution >= 4 is 0 Å². The van der Waals surface area contributed by atoms with Crippen LogP contribution in [-0.2, 0) is 0 Å². The molecule has 3 aliphatic rings. The van der Waals surface area contributed by atoms with Crippen molar-refractivity contribution in [3.63, 3.8) is 0 Å². The van der Waals surface area contributed by atoms with Gasteiger partial charge in [0.15, 0.2) is 0 Å². The second-order valence-electron chi connectivity index (χ2n) is 4.54. The average Bonchev–Trinajstić information content (AvgIpc) is 2.04. The van der Waals surface area contributed by atoms with Crippen molar-refractivity contribution < 1.29 is 9.59 Å². The summed E-state index contributed by atoms with van der Waals surface area (Å²) < 4.78 is 0.889. The summed E-state index contributed by atoms with van der Waals surface area (Å²) in [6, 6.07) is 2.08. The quantitative estimate of drug-likeness (QED) is 0.411. The number of hydrogen-bond donors (Lipinski definition) is 1. The molecule has 12 heavy (non-hydrogen) atoms. The molecule has 2 bridgehead atoms. The molecule has 0 spiro atoms. The van der Waals surface area contributed by atoms with Crippen LogP contribution in [0.1, 0.15) is 12.8 Å². The molecule has 1 atom stereocenters. The normalized spacial score (nSPS) is 51.9. The van der Waals surface area contributed by atoms with Gasteiger partial charge in [0, 0.05) is 18.8 Å². The Morgan fingerprint density at radius 1 is 1.50 bits per heavy atom. The number of nitriles is 1. The zero-order chi connectivity index (χ0) is 8.82. The highest BCUT2D eigenvalue weighted by atomic mass is 16.3. The molecule has 3 nitrogen and oxygen atoms in total. The molecule has 0 aromatic carbocycles. The molecule has 0 aromatic heterocycles. The Morgan fingerprint density at radius 3 is 2.42 bits per heavy atom. The van der Waals surface area contributed by atoms with E-state index in [4.69, 9.17) is 5.26 Å². The maximum atomic E-state index is 9.96. The Labute approximate surface area is 72.8 Å². The van der Waals surface area contributed by atoms with Crippen LogP contribution in [0.25, 0.3) is 0 Å². The lowest BCUT2D eigenvalue weighted by atomic mass is 9.75. The highest BCUT2D eigenvalue weighted by Gasteiger charge is 2.53. The summed E-state index contributed by atoms with van der Waals surface area (Å²) in [5.41, 5.74) is -1.02. The Bertz CT molecular complexity index is 237. The first-order valence-electron chi connectivity index (χ1n) is 4.55. The van der Waals surface area contributed by atoms with Crippen molar-refractivity contribution in [1.82, 2.24) is 0 Å². The lowest BCUT2D eigenvalue weighted by Crippen LogP contribution is -2.66. The summed E-state index contributed by atoms with van der Waals surface area (Å²) in [5.74, 6) is 0.238. The first-order chi connectivity index (χ1) is 5.58. The van der Waals surface area contributed by atoms with Crippen molar-refractivity contribution in [2.75, 3.05) is 26.7 Å². The summed E-state index contributed by atoms with van der Waals surface area (Å²) in [6.45, 7) is 2.90. The van der Waals surface area contributed by atoms with Crippen LogP contribution in [0, 0.1) is 17.2 Å². The topological polar surface area (TPSA) is 44.0 Å². The van der Waals surface area contributed by atoms with Gasteiger partial charge >= 0.3 is 0 Å². The van der Waals surface area contributed by atoms with Gasteiger partial charge in [0.05, 0.1) is 20.1 Å². The lowest BCUT2D eigenvalue weighted by Gasteiger charge is -2.51. The predicted molar refractivity (Wildman–Crippen MR) is 44.1 cm³/mol. The SMILES string of the molecule is C[N+]12CCC(CC1)[C@@](O)(C#N)C2. The van der Waals surface area contributed by atoms with Gasteiger partial charge in [0.1, 0.15) is 12.6 Å². The van der Waals surface area contributed by atoms with E-state index >= 15 is 0 Å². The van der Waals surface area contributed by atoms with Crippen LogP contribution in [0.3, 0.4) is 0 Å². The smallest absolute Gasteiger partial charge is 0.203 e. The number of hydrogen-bond acceptors (Lipinski definition) is 2. The molecule has 0 aliphatic carbocycles. The third-order valence-corrected chi connectivity index (χ3v) is 3.53. The summed E-state index contributed by atoms with van der Waals surface area (Å²) in [6.07, 6.45) is 2.03. The number of aliphatic hydroxyl groups is 1. The Hall–Kier alpha value is -0.590. The molecule has 0 aromatic rings. The summed E-state index contributed by atoms with van der Waals surface area (Å²) in [5, 5.41) is 18.8. The average molecular weight is 167 g/mol. The van der Waals surface area contributed by atoms with Crippen LogP contribution in [0.2, 0.25) is 0 Å². The van der Waals surface area contributed by atoms with Crippen LogP contribution >= 0.6 is 0 Å². The van der Waals surface area contributed by atoms with Crippen molar-refractivity contribution in [3.05, 3.63) is 0 Å². The molecule has 0 unspecified atom stereocenters. The second kappa shape index (κ2) is 2.21. The monoisotopic (exact) mass is 167 g/mol. The minimum Gasteiger partial charge on any atom is -0.370 e. The maximum Gasteiger partial charge on any atom is 0.203 e. The van der Waals surface area contributed by atoms with Crippen LogP contribution in [-0.4, -0.2) is 41.9 Å². The van der Waals surface area contributed by atoms with Gasteiger partial charge in [-0.3, -0.25) is 0 Å². The van der Waals surface area contributed by atoms with E-state index in [0.29, 0.717) is 6.54 Å². The zero-order valence-electron chi connectivity index (χ0n) is 7.45. The predicted octanol–water partition coefficient (Wildman–Crippen LogP) is 0.111. The van der Waals surface area contributed by atoms with E-state index in [2.05, 4.69) is 13.1 Å². The van der Waals surface area contributed by atoms with Crippen LogP contribution in [0.5, 0.6) is 0 Å². The molecular formula is C9H15N2O+. The Morgan fingerprint density at radius 2 is 2.08 bits per heavy atom. The third-order valence-electron chi connectivity index (χ3n) is 3.53. The summed E-state index contributed by atoms with van der Waals surface area (Å²) in [7, 11) is 2.14. The molecule has 0 amide bonds. The minimum absolute atomic E-state index is 0.238. The molecule has 3 heterocycles. The molecule has 3 fully saturated rings. The Balaban J connectivity index is 2.28. The van der Waals surface area contributed by atoms with E-state index in [0.717, 1.165) is 30.4 Å². The van der Waals surface area contributed by atoms with Gasteiger partial charge in [-0.05, 0) is 0 Å². The molecular weight excluding hydrogens is 152 g/mol. The van der Waals surface area contributed by atoms with Gasteiger partial charge < -0.3 is 9.59 Å². The van der Waals surface area contributed by atoms with Gasteiger partial charge in [-0.25, -0.2) is 0 Å². The van der Waals surface area contributed by atoms with Crippen molar-refractivity contribution in [1.29, 1.82) is 5.26 Å². The number of likely N-dealkylation sites (N-methyl/N-ethyl adjacent to an activating group) is 1. The largest absolute Gasteiger partial charge is 0.370 e. The first kappa shape index (κ1) is 8.03. The lowest BCUT2D eigenvalue weighted by molar-refractivity contribution is -0.931. The maximum absolute atomic E-state index is 9.96. The second-order valence-corrected chi connectivity index (χ2v) is 4.54. The summed E-state index contributed by atoms with van der Waals surface area (Å²) >= 11 is 0. The van der Waals surface area contributed by atoms with Gasteiger partial charge in [0.25, 0.3) is 0 Å². The van der Waals surface area contributed by atoms with Crippen LogP contribution < -0.4 is 0 Å². The number of nitrogens with zero attached hydrogens (tertiary/aromatic N) is 2. The zero-order valence-corrected chi connectivity index (χ0v) is 7.45. The first-order valence-corrected chi connectivity index (χ1v) is 4.55. The fourth-order valence-electron chi connectivity index (χ4n) is 2.66. The van der Waals surface area contributed by atoms with E-state index in [9.17, 15) is 5.11 Å². The van der Waals surface area contributed by atoms with Crippen molar-refractivity contribution in [2.24, 2.45) is 5.92 Å². The molecule has 0 radical (unpaired) electrons. The highest BCUT2D eigenvalue weighted by Crippen LogP contribution is 2.38. The molecule has 3 rings (SSSR count). The van der Waals surface area contributed by atoms with Crippen molar-refractivity contribution in [2.45, 2.75) is 18.4 Å². The fraction of sp³-hybridized carbons (Fsp3) is 0.889. The molecule has 3 saturated heterocycles. The fourth-order valence-corrected chi connectivity index (χ4v) is 2.66. The van der Waals surface area contributed by atoms with Gasteiger partial charge in [0.2, 0.25) is 5.60 Å². The van der Waals surface area contributed by atoms with Gasteiger partial charge in [-0.15, -0.1) is 0 Å². The Kier molecular flexibility index (Phi) is 1.48.